The molecule has 0 aliphatic rings. The molecular weight excluding hydrogens is 232 g/mol. The van der Waals surface area contributed by atoms with Crippen LogP contribution >= 0.6 is 0 Å². The molecule has 0 aliphatic heterocycles. The molecule has 2 aromatic carbocycles. The van der Waals surface area contributed by atoms with Crippen molar-refractivity contribution < 1.29 is 4.74 Å². The Morgan fingerprint density at radius 1 is 0.842 bits per heavy atom. The third-order valence-corrected chi connectivity index (χ3v) is 2.71. The molecule has 0 amide bonds. The third-order valence-electron chi connectivity index (χ3n) is 2.71. The number of ether oxygens (including phenoxy) is 1. The Hall–Kier alpha value is -1.76. The molecule has 0 saturated carbocycles. The van der Waals surface area contributed by atoms with Crippen LogP contribution in [0.3, 0.4) is 0 Å². The fraction of sp³-hybridized carbons (Fsp3) is 0.333. The molecule has 1 heteroatoms. The van der Waals surface area contributed by atoms with Crippen molar-refractivity contribution >= 4 is 0 Å². The monoisotopic (exact) mass is 256 g/mol. The van der Waals surface area contributed by atoms with Gasteiger partial charge in [0.2, 0.25) is 0 Å². The van der Waals surface area contributed by atoms with Crippen molar-refractivity contribution in [1.29, 1.82) is 0 Å². The lowest BCUT2D eigenvalue weighted by Crippen LogP contribution is -1.96. The molecule has 0 aromatic heterocycles. The zero-order valence-corrected chi connectivity index (χ0v) is 12.2. The van der Waals surface area contributed by atoms with Crippen LogP contribution in [0.5, 0.6) is 5.75 Å². The van der Waals surface area contributed by atoms with Crippen LogP contribution in [-0.4, -0.2) is 6.61 Å². The largest absolute Gasteiger partial charge is 0.494 e. The molecule has 0 radical (unpaired) electrons. The summed E-state index contributed by atoms with van der Waals surface area (Å²) in [7, 11) is 0. The van der Waals surface area contributed by atoms with Gasteiger partial charge < -0.3 is 4.74 Å². The lowest BCUT2D eigenvalue weighted by molar-refractivity contribution is 0.309. The van der Waals surface area contributed by atoms with Gasteiger partial charge in [0.25, 0.3) is 0 Å². The van der Waals surface area contributed by atoms with Crippen LogP contribution in [0.15, 0.2) is 54.6 Å². The number of benzene rings is 2. The average molecular weight is 256 g/mol. The van der Waals surface area contributed by atoms with Crippen LogP contribution in [0.1, 0.15) is 33.6 Å². The Kier molecular flexibility index (Phi) is 7.41. The Labute approximate surface area is 117 Å². The summed E-state index contributed by atoms with van der Waals surface area (Å²) < 4.78 is 5.71. The molecule has 0 bridgehead atoms. The minimum absolute atomic E-state index is 0.800. The van der Waals surface area contributed by atoms with Crippen LogP contribution < -0.4 is 4.74 Å². The van der Waals surface area contributed by atoms with E-state index in [0.29, 0.717) is 0 Å². The van der Waals surface area contributed by atoms with Crippen LogP contribution in [0.4, 0.5) is 0 Å². The van der Waals surface area contributed by atoms with Crippen molar-refractivity contribution in [3.05, 3.63) is 54.6 Å². The first kappa shape index (κ1) is 15.3. The highest BCUT2D eigenvalue weighted by Gasteiger charge is 1.99. The molecule has 0 unspecified atom stereocenters. The highest BCUT2D eigenvalue weighted by atomic mass is 16.5. The Morgan fingerprint density at radius 3 is 2.21 bits per heavy atom. The van der Waals surface area contributed by atoms with Gasteiger partial charge in [-0.3, -0.25) is 0 Å². The standard InChI is InChI=1S/C16H18O.C2H6/c1-2-3-12-17-16-11-7-10-15(13-16)14-8-5-4-6-9-14;1-2/h4-11,13H,2-3,12H2,1H3;1-2H3. The molecule has 0 saturated heterocycles. The van der Waals surface area contributed by atoms with Crippen molar-refractivity contribution in [2.75, 3.05) is 6.61 Å². The molecule has 0 aliphatic carbocycles. The fourth-order valence-electron chi connectivity index (χ4n) is 1.73. The minimum Gasteiger partial charge on any atom is -0.494 e. The molecule has 2 rings (SSSR count). The second-order valence-electron chi connectivity index (χ2n) is 4.10. The lowest BCUT2D eigenvalue weighted by Gasteiger charge is -2.07. The van der Waals surface area contributed by atoms with Gasteiger partial charge in [-0.05, 0) is 29.7 Å². The first-order valence-electron chi connectivity index (χ1n) is 7.18. The summed E-state index contributed by atoms with van der Waals surface area (Å²) in [5.41, 5.74) is 2.44. The topological polar surface area (TPSA) is 9.23 Å². The highest BCUT2D eigenvalue weighted by Crippen LogP contribution is 2.23. The Bertz CT molecular complexity index is 448. The summed E-state index contributed by atoms with van der Waals surface area (Å²) in [5, 5.41) is 0. The quantitative estimate of drug-likeness (QED) is 0.636. The van der Waals surface area contributed by atoms with E-state index in [4.69, 9.17) is 4.74 Å². The maximum absolute atomic E-state index is 5.71. The number of rotatable bonds is 5. The van der Waals surface area contributed by atoms with E-state index in [2.05, 4.69) is 43.3 Å². The van der Waals surface area contributed by atoms with Gasteiger partial charge in [-0.15, -0.1) is 0 Å². The van der Waals surface area contributed by atoms with E-state index >= 15 is 0 Å². The summed E-state index contributed by atoms with van der Waals surface area (Å²) in [6.45, 7) is 6.97. The molecule has 0 N–H and O–H groups in total. The molecule has 19 heavy (non-hydrogen) atoms. The van der Waals surface area contributed by atoms with Gasteiger partial charge in [0.1, 0.15) is 5.75 Å². The molecular formula is C18H24O. The molecule has 1 nitrogen and oxygen atoms in total. The Morgan fingerprint density at radius 2 is 1.53 bits per heavy atom. The maximum Gasteiger partial charge on any atom is 0.119 e. The lowest BCUT2D eigenvalue weighted by atomic mass is 10.1. The predicted octanol–water partition coefficient (Wildman–Crippen LogP) is 5.56. The molecule has 0 fully saturated rings. The predicted molar refractivity (Wildman–Crippen MR) is 83.6 cm³/mol. The average Bonchev–Trinajstić information content (AvgIpc) is 2.51. The first-order chi connectivity index (χ1) is 9.40. The van der Waals surface area contributed by atoms with E-state index in [9.17, 15) is 0 Å². The summed E-state index contributed by atoms with van der Waals surface area (Å²) in [4.78, 5) is 0. The highest BCUT2D eigenvalue weighted by molar-refractivity contribution is 5.64. The number of unbranched alkanes of at least 4 members (excludes halogenated alkanes) is 1. The van der Waals surface area contributed by atoms with Crippen LogP contribution in [0.2, 0.25) is 0 Å². The van der Waals surface area contributed by atoms with Crippen molar-refractivity contribution in [3.8, 4) is 16.9 Å². The van der Waals surface area contributed by atoms with Crippen molar-refractivity contribution in [3.63, 3.8) is 0 Å². The van der Waals surface area contributed by atoms with Crippen molar-refractivity contribution in [1.82, 2.24) is 0 Å². The molecule has 2 aromatic rings. The Balaban J connectivity index is 0.000000861. The van der Waals surface area contributed by atoms with Gasteiger partial charge in [0, 0.05) is 0 Å². The summed E-state index contributed by atoms with van der Waals surface area (Å²) >= 11 is 0. The van der Waals surface area contributed by atoms with Crippen LogP contribution in [-0.2, 0) is 0 Å². The van der Waals surface area contributed by atoms with E-state index in [0.717, 1.165) is 18.8 Å². The summed E-state index contributed by atoms with van der Waals surface area (Å²) in [6.07, 6.45) is 2.27. The van der Waals surface area contributed by atoms with Gasteiger partial charge in [-0.1, -0.05) is 69.7 Å². The van der Waals surface area contributed by atoms with Gasteiger partial charge in [0.15, 0.2) is 0 Å². The van der Waals surface area contributed by atoms with Gasteiger partial charge >= 0.3 is 0 Å². The zero-order valence-electron chi connectivity index (χ0n) is 12.2. The summed E-state index contributed by atoms with van der Waals surface area (Å²) in [6, 6.07) is 18.7. The number of hydrogen-bond acceptors (Lipinski definition) is 1. The maximum atomic E-state index is 5.71. The van der Waals surface area contributed by atoms with Gasteiger partial charge in [-0.2, -0.15) is 0 Å². The van der Waals surface area contributed by atoms with E-state index in [1.54, 1.807) is 0 Å². The molecule has 0 spiro atoms. The minimum atomic E-state index is 0.800. The third kappa shape index (κ3) is 5.17. The zero-order chi connectivity index (χ0) is 13.9. The van der Waals surface area contributed by atoms with Crippen molar-refractivity contribution in [2.45, 2.75) is 33.6 Å². The molecule has 0 heterocycles. The molecule has 102 valence electrons. The summed E-state index contributed by atoms with van der Waals surface area (Å²) in [5.74, 6) is 0.958. The van der Waals surface area contributed by atoms with E-state index in [1.165, 1.54) is 17.5 Å². The SMILES string of the molecule is CC.CCCCOc1cccc(-c2ccccc2)c1. The smallest absolute Gasteiger partial charge is 0.119 e. The van der Waals surface area contributed by atoms with Gasteiger partial charge in [0.05, 0.1) is 6.61 Å². The van der Waals surface area contributed by atoms with Crippen molar-refractivity contribution in [2.24, 2.45) is 0 Å². The fourth-order valence-corrected chi connectivity index (χ4v) is 1.73. The number of hydrogen-bond donors (Lipinski definition) is 0. The second kappa shape index (κ2) is 9.21. The van der Waals surface area contributed by atoms with E-state index in [1.807, 2.05) is 32.0 Å². The second-order valence-corrected chi connectivity index (χ2v) is 4.10. The molecule has 0 atom stereocenters. The van der Waals surface area contributed by atoms with Crippen LogP contribution in [0.25, 0.3) is 11.1 Å². The van der Waals surface area contributed by atoms with E-state index < -0.39 is 0 Å². The van der Waals surface area contributed by atoms with E-state index in [-0.39, 0.29) is 0 Å². The normalized spacial score (nSPS) is 9.42. The van der Waals surface area contributed by atoms with Crippen LogP contribution in [0, 0.1) is 0 Å². The van der Waals surface area contributed by atoms with Gasteiger partial charge in [-0.25, -0.2) is 0 Å². The first-order valence-corrected chi connectivity index (χ1v) is 7.18.